The molecule has 0 atom stereocenters. The van der Waals surface area contributed by atoms with Gasteiger partial charge in [-0.1, -0.05) is 23.7 Å². The highest BCUT2D eigenvalue weighted by Gasteiger charge is 2.32. The highest BCUT2D eigenvalue weighted by atomic mass is 35.5. The first-order valence-electron chi connectivity index (χ1n) is 7.79. The van der Waals surface area contributed by atoms with Gasteiger partial charge in [0.05, 0.1) is 6.61 Å². The molecule has 1 heterocycles. The van der Waals surface area contributed by atoms with E-state index in [0.29, 0.717) is 30.3 Å². The maximum Gasteiger partial charge on any atom is 0.220 e. The Bertz CT molecular complexity index is 555. The second-order valence-corrected chi connectivity index (χ2v) is 6.42. The Labute approximate surface area is 141 Å². The van der Waals surface area contributed by atoms with Gasteiger partial charge in [-0.05, 0) is 25.0 Å². The van der Waals surface area contributed by atoms with Gasteiger partial charge in [-0.25, -0.2) is 0 Å². The lowest BCUT2D eigenvalue weighted by Gasteiger charge is -2.35. The highest BCUT2D eigenvalue weighted by Crippen LogP contribution is 2.29. The van der Waals surface area contributed by atoms with Crippen LogP contribution in [0.25, 0.3) is 0 Å². The SMILES string of the molecule is O=C(CCC(=O)c1cccc(Cl)c1)NCC1(CO)CCOCC1. The first-order chi connectivity index (χ1) is 11.0. The average Bonchev–Trinajstić information content (AvgIpc) is 2.58. The van der Waals surface area contributed by atoms with E-state index < -0.39 is 0 Å². The van der Waals surface area contributed by atoms with Crippen molar-refractivity contribution in [2.45, 2.75) is 25.7 Å². The predicted octanol–water partition coefficient (Wildman–Crippen LogP) is 2.21. The van der Waals surface area contributed by atoms with E-state index in [9.17, 15) is 14.7 Å². The average molecular weight is 340 g/mol. The second kappa shape index (κ2) is 8.43. The van der Waals surface area contributed by atoms with Crippen LogP contribution >= 0.6 is 11.6 Å². The van der Waals surface area contributed by atoms with E-state index in [4.69, 9.17) is 16.3 Å². The van der Waals surface area contributed by atoms with Crippen LogP contribution in [-0.2, 0) is 9.53 Å². The second-order valence-electron chi connectivity index (χ2n) is 5.98. The van der Waals surface area contributed by atoms with Crippen molar-refractivity contribution in [1.29, 1.82) is 0 Å². The number of aliphatic hydroxyl groups excluding tert-OH is 1. The molecule has 23 heavy (non-hydrogen) atoms. The third-order valence-corrected chi connectivity index (χ3v) is 4.51. The van der Waals surface area contributed by atoms with Crippen molar-refractivity contribution < 1.29 is 19.4 Å². The Morgan fingerprint density at radius 3 is 2.65 bits per heavy atom. The van der Waals surface area contributed by atoms with E-state index in [1.54, 1.807) is 24.3 Å². The summed E-state index contributed by atoms with van der Waals surface area (Å²) in [5, 5.41) is 12.9. The van der Waals surface area contributed by atoms with E-state index >= 15 is 0 Å². The smallest absolute Gasteiger partial charge is 0.220 e. The molecule has 126 valence electrons. The van der Waals surface area contributed by atoms with Crippen molar-refractivity contribution in [2.75, 3.05) is 26.4 Å². The van der Waals surface area contributed by atoms with Crippen molar-refractivity contribution in [3.63, 3.8) is 0 Å². The Hall–Kier alpha value is -1.43. The molecule has 0 saturated carbocycles. The Kier molecular flexibility index (Phi) is 6.57. The van der Waals surface area contributed by atoms with Gasteiger partial charge in [0.2, 0.25) is 5.91 Å². The molecule has 1 aliphatic rings. The molecule has 0 aromatic heterocycles. The number of aliphatic hydroxyl groups is 1. The number of nitrogens with one attached hydrogen (secondary N) is 1. The monoisotopic (exact) mass is 339 g/mol. The number of carbonyl (C=O) groups is 2. The normalized spacial score (nSPS) is 16.8. The minimum Gasteiger partial charge on any atom is -0.396 e. The molecule has 2 N–H and O–H groups in total. The molecular formula is C17H22ClNO4. The minimum atomic E-state index is -0.301. The molecular weight excluding hydrogens is 318 g/mol. The fourth-order valence-corrected chi connectivity index (χ4v) is 2.79. The van der Waals surface area contributed by atoms with Crippen molar-refractivity contribution in [3.8, 4) is 0 Å². The van der Waals surface area contributed by atoms with Gasteiger partial charge in [-0.15, -0.1) is 0 Å². The first-order valence-corrected chi connectivity index (χ1v) is 8.17. The standard InChI is InChI=1S/C17H22ClNO4/c18-14-3-1-2-13(10-14)15(21)4-5-16(22)19-11-17(12-20)6-8-23-9-7-17/h1-3,10,20H,4-9,11-12H2,(H,19,22). The third-order valence-electron chi connectivity index (χ3n) is 4.28. The summed E-state index contributed by atoms with van der Waals surface area (Å²) in [7, 11) is 0. The Morgan fingerprint density at radius 2 is 2.00 bits per heavy atom. The molecule has 0 bridgehead atoms. The number of carbonyl (C=O) groups excluding carboxylic acids is 2. The topological polar surface area (TPSA) is 75.6 Å². The van der Waals surface area contributed by atoms with Crippen molar-refractivity contribution in [1.82, 2.24) is 5.32 Å². The first kappa shape index (κ1) is 17.9. The molecule has 2 rings (SSSR count). The summed E-state index contributed by atoms with van der Waals surface area (Å²) in [4.78, 5) is 24.0. The zero-order valence-corrected chi connectivity index (χ0v) is 13.8. The minimum absolute atomic E-state index is 0.0259. The largest absolute Gasteiger partial charge is 0.396 e. The molecule has 1 fully saturated rings. The molecule has 1 amide bonds. The maximum absolute atomic E-state index is 12.0. The van der Waals surface area contributed by atoms with Crippen LogP contribution in [-0.4, -0.2) is 43.2 Å². The number of ether oxygens (including phenoxy) is 1. The summed E-state index contributed by atoms with van der Waals surface area (Å²) in [6, 6.07) is 6.71. The third kappa shape index (κ3) is 5.30. The van der Waals surface area contributed by atoms with Crippen LogP contribution in [0.1, 0.15) is 36.0 Å². The van der Waals surface area contributed by atoms with E-state index in [-0.39, 0.29) is 36.6 Å². The van der Waals surface area contributed by atoms with Gasteiger partial charge in [0, 0.05) is 48.6 Å². The number of hydrogen-bond donors (Lipinski definition) is 2. The van der Waals surface area contributed by atoms with Crippen LogP contribution in [0.2, 0.25) is 5.02 Å². The van der Waals surface area contributed by atoms with Crippen LogP contribution in [0.5, 0.6) is 0 Å². The van der Waals surface area contributed by atoms with Crippen LogP contribution in [0.4, 0.5) is 0 Å². The molecule has 0 radical (unpaired) electrons. The molecule has 0 unspecified atom stereocenters. The van der Waals surface area contributed by atoms with Gasteiger partial charge in [0.15, 0.2) is 5.78 Å². The molecule has 1 saturated heterocycles. The van der Waals surface area contributed by atoms with Crippen molar-refractivity contribution >= 4 is 23.3 Å². The zero-order valence-electron chi connectivity index (χ0n) is 13.0. The Balaban J connectivity index is 1.77. The summed E-state index contributed by atoms with van der Waals surface area (Å²) >= 11 is 5.85. The molecule has 5 nitrogen and oxygen atoms in total. The fourth-order valence-electron chi connectivity index (χ4n) is 2.60. The van der Waals surface area contributed by atoms with Crippen LogP contribution in [0, 0.1) is 5.41 Å². The van der Waals surface area contributed by atoms with E-state index in [0.717, 1.165) is 12.8 Å². The van der Waals surface area contributed by atoms with Crippen LogP contribution in [0.15, 0.2) is 24.3 Å². The van der Waals surface area contributed by atoms with Gasteiger partial charge in [0.1, 0.15) is 0 Å². The molecule has 1 aromatic rings. The lowest BCUT2D eigenvalue weighted by Crippen LogP contribution is -2.43. The molecule has 0 aliphatic carbocycles. The summed E-state index contributed by atoms with van der Waals surface area (Å²) in [5.74, 6) is -0.287. The lowest BCUT2D eigenvalue weighted by molar-refractivity contribution is -0.122. The van der Waals surface area contributed by atoms with Crippen molar-refractivity contribution in [3.05, 3.63) is 34.9 Å². The van der Waals surface area contributed by atoms with Crippen molar-refractivity contribution in [2.24, 2.45) is 5.41 Å². The number of ketones is 1. The molecule has 0 spiro atoms. The quantitative estimate of drug-likeness (QED) is 0.747. The summed E-state index contributed by atoms with van der Waals surface area (Å²) < 4.78 is 5.29. The molecule has 1 aliphatic heterocycles. The summed E-state index contributed by atoms with van der Waals surface area (Å²) in [6.07, 6.45) is 1.72. The zero-order chi connectivity index (χ0) is 16.7. The fraction of sp³-hybridized carbons (Fsp3) is 0.529. The number of amides is 1. The number of Topliss-reactive ketones (excluding diaryl/α,β-unsaturated/α-hetero) is 1. The van der Waals surface area contributed by atoms with Gasteiger partial charge in [-0.2, -0.15) is 0 Å². The summed E-state index contributed by atoms with van der Waals surface area (Å²) in [6.45, 7) is 1.64. The number of rotatable bonds is 7. The number of benzene rings is 1. The molecule has 6 heteroatoms. The number of halogens is 1. The summed E-state index contributed by atoms with van der Waals surface area (Å²) in [5.41, 5.74) is 0.215. The predicted molar refractivity (Wildman–Crippen MR) is 87.6 cm³/mol. The Morgan fingerprint density at radius 1 is 1.26 bits per heavy atom. The van der Waals surface area contributed by atoms with E-state index in [2.05, 4.69) is 5.32 Å². The van der Waals surface area contributed by atoms with Gasteiger partial charge in [0.25, 0.3) is 0 Å². The maximum atomic E-state index is 12.0. The van der Waals surface area contributed by atoms with Gasteiger partial charge < -0.3 is 15.2 Å². The van der Waals surface area contributed by atoms with Crippen LogP contribution in [0.3, 0.4) is 0 Å². The highest BCUT2D eigenvalue weighted by molar-refractivity contribution is 6.31. The lowest BCUT2D eigenvalue weighted by atomic mass is 9.81. The van der Waals surface area contributed by atoms with Gasteiger partial charge in [-0.3, -0.25) is 9.59 Å². The number of hydrogen-bond acceptors (Lipinski definition) is 4. The van der Waals surface area contributed by atoms with E-state index in [1.807, 2.05) is 0 Å². The van der Waals surface area contributed by atoms with E-state index in [1.165, 1.54) is 0 Å². The molecule has 1 aromatic carbocycles. The van der Waals surface area contributed by atoms with Crippen LogP contribution < -0.4 is 5.32 Å². The van der Waals surface area contributed by atoms with Gasteiger partial charge >= 0.3 is 0 Å².